The molecule has 1 aromatic rings. The molecule has 15 heavy (non-hydrogen) atoms. The van der Waals surface area contributed by atoms with Crippen LogP contribution >= 0.6 is 23.2 Å². The number of nitrogens with zero attached hydrogens (tertiary/aromatic N) is 1. The van der Waals surface area contributed by atoms with Crippen LogP contribution in [0.15, 0.2) is 12.3 Å². The fourth-order valence-corrected chi connectivity index (χ4v) is 1.78. The van der Waals surface area contributed by atoms with E-state index in [1.807, 2.05) is 0 Å². The zero-order valence-electron chi connectivity index (χ0n) is 8.21. The minimum absolute atomic E-state index is 0.178. The van der Waals surface area contributed by atoms with Crippen LogP contribution in [0.4, 0.5) is 0 Å². The van der Waals surface area contributed by atoms with E-state index in [2.05, 4.69) is 10.9 Å². The maximum atomic E-state index is 5.97. The van der Waals surface area contributed by atoms with Crippen LogP contribution in [0.25, 0.3) is 0 Å². The number of hydrogen-bond acceptors (Lipinski definition) is 2. The number of hydrogen-bond donors (Lipinski definition) is 1. The van der Waals surface area contributed by atoms with Crippen LogP contribution in [0.3, 0.4) is 0 Å². The molecule has 0 spiro atoms. The normalized spacial score (nSPS) is 12.1. The Kier molecular flexibility index (Phi) is 4.90. The average Bonchev–Trinajstić information content (AvgIpc) is 2.17. The molecule has 0 amide bonds. The zero-order chi connectivity index (χ0) is 11.3. The summed E-state index contributed by atoms with van der Waals surface area (Å²) in [7, 11) is 0. The van der Waals surface area contributed by atoms with Crippen molar-refractivity contribution in [2.24, 2.45) is 5.73 Å². The second-order valence-electron chi connectivity index (χ2n) is 3.22. The number of terminal acetylenes is 1. The number of halogens is 2. The Labute approximate surface area is 99.8 Å². The predicted octanol–water partition coefficient (Wildman–Crippen LogP) is 3.19. The molecule has 4 heteroatoms. The lowest BCUT2D eigenvalue weighted by molar-refractivity contribution is 0.606. The third-order valence-electron chi connectivity index (χ3n) is 2.02. The van der Waals surface area contributed by atoms with Gasteiger partial charge in [-0.25, -0.2) is 0 Å². The van der Waals surface area contributed by atoms with Crippen molar-refractivity contribution in [2.75, 3.05) is 0 Å². The summed E-state index contributed by atoms with van der Waals surface area (Å²) >= 11 is 11.7. The molecule has 80 valence electrons. The molecule has 0 aliphatic heterocycles. The summed E-state index contributed by atoms with van der Waals surface area (Å²) in [6, 6.07) is 1.47. The molecule has 0 aliphatic rings. The summed E-state index contributed by atoms with van der Waals surface area (Å²) in [5.74, 6) is 2.57. The van der Waals surface area contributed by atoms with E-state index in [4.69, 9.17) is 35.4 Å². The highest BCUT2D eigenvalue weighted by molar-refractivity contribution is 6.34. The van der Waals surface area contributed by atoms with Crippen LogP contribution in [0.1, 0.15) is 31.0 Å². The Morgan fingerprint density at radius 1 is 1.53 bits per heavy atom. The van der Waals surface area contributed by atoms with Gasteiger partial charge in [-0.3, -0.25) is 4.98 Å². The second-order valence-corrected chi connectivity index (χ2v) is 4.07. The fourth-order valence-electron chi connectivity index (χ4n) is 1.26. The number of aromatic nitrogens is 1. The first-order valence-electron chi connectivity index (χ1n) is 4.65. The monoisotopic (exact) mass is 242 g/mol. The summed E-state index contributed by atoms with van der Waals surface area (Å²) in [6.45, 7) is 0. The first-order valence-corrected chi connectivity index (χ1v) is 5.40. The number of unbranched alkanes of at least 4 members (excludes halogenated alkanes) is 1. The molecule has 1 rings (SSSR count). The molecule has 2 N–H and O–H groups in total. The van der Waals surface area contributed by atoms with Gasteiger partial charge in [0.25, 0.3) is 0 Å². The Morgan fingerprint density at radius 3 is 2.87 bits per heavy atom. The van der Waals surface area contributed by atoms with Crippen molar-refractivity contribution in [2.45, 2.75) is 25.3 Å². The Bertz CT molecular complexity index is 371. The number of rotatable bonds is 4. The molecule has 0 saturated carbocycles. The van der Waals surface area contributed by atoms with Crippen molar-refractivity contribution >= 4 is 23.2 Å². The zero-order valence-corrected chi connectivity index (χ0v) is 9.72. The van der Waals surface area contributed by atoms with Crippen LogP contribution in [-0.2, 0) is 0 Å². The number of nitrogens with two attached hydrogens (primary N) is 1. The van der Waals surface area contributed by atoms with Gasteiger partial charge in [-0.1, -0.05) is 23.2 Å². The van der Waals surface area contributed by atoms with Gasteiger partial charge in [0.15, 0.2) is 0 Å². The van der Waals surface area contributed by atoms with Crippen molar-refractivity contribution < 1.29 is 0 Å². The summed E-state index contributed by atoms with van der Waals surface area (Å²) < 4.78 is 0. The number of pyridine rings is 1. The van der Waals surface area contributed by atoms with E-state index in [9.17, 15) is 0 Å². The standard InChI is InChI=1S/C11H12Cl2N2/c1-2-3-4-5-10(14)11-9(13)6-8(12)7-15-11/h1,6-7,10H,3-5,14H2. The highest BCUT2D eigenvalue weighted by atomic mass is 35.5. The van der Waals surface area contributed by atoms with Gasteiger partial charge in [-0.2, -0.15) is 0 Å². The topological polar surface area (TPSA) is 38.9 Å². The van der Waals surface area contributed by atoms with E-state index < -0.39 is 0 Å². The highest BCUT2D eigenvalue weighted by Gasteiger charge is 2.11. The van der Waals surface area contributed by atoms with Crippen molar-refractivity contribution in [3.8, 4) is 12.3 Å². The van der Waals surface area contributed by atoms with Gasteiger partial charge in [0, 0.05) is 18.7 Å². The molecule has 0 radical (unpaired) electrons. The average molecular weight is 243 g/mol. The molecule has 1 aromatic heterocycles. The Balaban J connectivity index is 2.66. The largest absolute Gasteiger partial charge is 0.323 e. The van der Waals surface area contributed by atoms with Gasteiger partial charge in [0.05, 0.1) is 15.7 Å². The minimum Gasteiger partial charge on any atom is -0.323 e. The molecule has 1 heterocycles. The van der Waals surface area contributed by atoms with Crippen LogP contribution in [0.2, 0.25) is 10.0 Å². The summed E-state index contributed by atoms with van der Waals surface area (Å²) in [5.41, 5.74) is 6.61. The van der Waals surface area contributed by atoms with Gasteiger partial charge < -0.3 is 5.73 Å². The van der Waals surface area contributed by atoms with Gasteiger partial charge in [0.1, 0.15) is 0 Å². The third kappa shape index (κ3) is 3.71. The molecule has 0 saturated heterocycles. The lowest BCUT2D eigenvalue weighted by Crippen LogP contribution is -2.12. The van der Waals surface area contributed by atoms with E-state index in [1.54, 1.807) is 12.3 Å². The van der Waals surface area contributed by atoms with Crippen LogP contribution in [0, 0.1) is 12.3 Å². The van der Waals surface area contributed by atoms with Crippen LogP contribution in [-0.4, -0.2) is 4.98 Å². The van der Waals surface area contributed by atoms with Gasteiger partial charge in [0.2, 0.25) is 0 Å². The second kappa shape index (κ2) is 5.97. The third-order valence-corrected chi connectivity index (χ3v) is 2.53. The molecular formula is C11H12Cl2N2. The molecule has 1 unspecified atom stereocenters. The molecule has 0 aliphatic carbocycles. The van der Waals surface area contributed by atoms with E-state index in [-0.39, 0.29) is 6.04 Å². The lowest BCUT2D eigenvalue weighted by Gasteiger charge is -2.11. The van der Waals surface area contributed by atoms with Crippen molar-refractivity contribution in [3.05, 3.63) is 28.0 Å². The molecular weight excluding hydrogens is 231 g/mol. The molecule has 0 fully saturated rings. The van der Waals surface area contributed by atoms with Crippen molar-refractivity contribution in [1.82, 2.24) is 4.98 Å². The van der Waals surface area contributed by atoms with E-state index >= 15 is 0 Å². The quantitative estimate of drug-likeness (QED) is 0.651. The first-order chi connectivity index (χ1) is 7.15. The van der Waals surface area contributed by atoms with Gasteiger partial charge >= 0.3 is 0 Å². The van der Waals surface area contributed by atoms with Crippen molar-refractivity contribution in [3.63, 3.8) is 0 Å². The van der Waals surface area contributed by atoms with Crippen LogP contribution < -0.4 is 5.73 Å². The minimum atomic E-state index is -0.178. The van der Waals surface area contributed by atoms with Crippen molar-refractivity contribution in [1.29, 1.82) is 0 Å². The van der Waals surface area contributed by atoms with E-state index in [0.717, 1.165) is 19.3 Å². The summed E-state index contributed by atoms with van der Waals surface area (Å²) in [5, 5.41) is 1.02. The predicted molar refractivity (Wildman–Crippen MR) is 63.9 cm³/mol. The van der Waals surface area contributed by atoms with Gasteiger partial charge in [-0.05, 0) is 18.9 Å². The maximum absolute atomic E-state index is 5.97. The Hall–Kier alpha value is -0.750. The highest BCUT2D eigenvalue weighted by Crippen LogP contribution is 2.25. The van der Waals surface area contributed by atoms with E-state index in [0.29, 0.717) is 15.7 Å². The van der Waals surface area contributed by atoms with Crippen LogP contribution in [0.5, 0.6) is 0 Å². The van der Waals surface area contributed by atoms with Gasteiger partial charge in [-0.15, -0.1) is 12.3 Å². The summed E-state index contributed by atoms with van der Waals surface area (Å²) in [6.07, 6.45) is 9.07. The Morgan fingerprint density at radius 2 is 2.27 bits per heavy atom. The van der Waals surface area contributed by atoms with E-state index in [1.165, 1.54) is 0 Å². The SMILES string of the molecule is C#CCCCC(N)c1ncc(Cl)cc1Cl. The molecule has 0 bridgehead atoms. The molecule has 1 atom stereocenters. The smallest absolute Gasteiger partial charge is 0.0757 e. The maximum Gasteiger partial charge on any atom is 0.0757 e. The fraction of sp³-hybridized carbons (Fsp3) is 0.364. The molecule has 2 nitrogen and oxygen atoms in total. The summed E-state index contributed by atoms with van der Waals surface area (Å²) in [4.78, 5) is 4.12. The first kappa shape index (κ1) is 12.3. The molecule has 0 aromatic carbocycles. The lowest BCUT2D eigenvalue weighted by atomic mass is 10.1.